The van der Waals surface area contributed by atoms with Gasteiger partial charge in [0.2, 0.25) is 5.75 Å². The van der Waals surface area contributed by atoms with Crippen LogP contribution in [0.2, 0.25) is 5.15 Å². The SMILES string of the molecule is COC(c1ccncc1)c1nc(Cl)c([O])cc1Oc1cccnc1C(Cl)(Cl)c1cccnc1. The second-order valence-corrected chi connectivity index (χ2v) is 8.51. The molecule has 0 aliphatic heterocycles. The monoisotopic (exact) mass is 501 g/mol. The Morgan fingerprint density at radius 3 is 2.42 bits per heavy atom. The Bertz CT molecular complexity index is 1240. The molecule has 0 fully saturated rings. The van der Waals surface area contributed by atoms with Gasteiger partial charge >= 0.3 is 0 Å². The number of hydrogen-bond acceptors (Lipinski definition) is 6. The highest BCUT2D eigenvalue weighted by Gasteiger charge is 2.35. The molecule has 4 aromatic heterocycles. The van der Waals surface area contributed by atoms with Crippen LogP contribution in [0.1, 0.15) is 28.6 Å². The van der Waals surface area contributed by atoms with Crippen molar-refractivity contribution in [2.45, 2.75) is 10.4 Å². The maximum Gasteiger partial charge on any atom is 0.219 e. The van der Waals surface area contributed by atoms with Crippen LogP contribution in [0, 0.1) is 0 Å². The highest BCUT2D eigenvalue weighted by atomic mass is 35.5. The fourth-order valence-corrected chi connectivity index (χ4v) is 3.85. The van der Waals surface area contributed by atoms with Gasteiger partial charge in [-0.25, -0.2) is 4.98 Å². The second kappa shape index (κ2) is 9.89. The molecule has 1 atom stereocenters. The Hall–Kier alpha value is -2.97. The summed E-state index contributed by atoms with van der Waals surface area (Å²) in [5.74, 6) is -0.168. The van der Waals surface area contributed by atoms with Crippen LogP contribution in [0.3, 0.4) is 0 Å². The molecule has 0 spiro atoms. The van der Waals surface area contributed by atoms with E-state index in [0.717, 1.165) is 5.56 Å². The lowest BCUT2D eigenvalue weighted by Crippen LogP contribution is -2.16. The topological polar surface area (TPSA) is 89.9 Å². The van der Waals surface area contributed by atoms with Gasteiger partial charge in [-0.05, 0) is 35.9 Å². The standard InChI is InChI=1S/C23H16Cl3N4O3/c1-32-20(14-6-10-27-11-7-14)19-18(12-16(31)22(24)30-19)33-17-5-3-9-29-21(17)23(25,26)15-4-2-8-28-13-15/h2-13,20H,1H3. The summed E-state index contributed by atoms with van der Waals surface area (Å²) in [5.41, 5.74) is 1.75. The van der Waals surface area contributed by atoms with Gasteiger partial charge in [-0.15, -0.1) is 0 Å². The van der Waals surface area contributed by atoms with Crippen molar-refractivity contribution in [2.24, 2.45) is 0 Å². The third kappa shape index (κ3) is 4.86. The molecule has 0 aromatic carbocycles. The number of ether oxygens (including phenoxy) is 2. The van der Waals surface area contributed by atoms with E-state index < -0.39 is 16.2 Å². The predicted octanol–water partition coefficient (Wildman–Crippen LogP) is 6.27. The zero-order valence-corrected chi connectivity index (χ0v) is 19.4. The van der Waals surface area contributed by atoms with Crippen LogP contribution in [-0.2, 0) is 14.2 Å². The summed E-state index contributed by atoms with van der Waals surface area (Å²) in [6.07, 6.45) is 7.23. The Kier molecular flexibility index (Phi) is 6.95. The molecule has 0 aliphatic carbocycles. The number of alkyl halides is 2. The van der Waals surface area contributed by atoms with Crippen molar-refractivity contribution in [3.8, 4) is 17.2 Å². The quantitative estimate of drug-likeness (QED) is 0.218. The smallest absolute Gasteiger partial charge is 0.219 e. The first-order valence-corrected chi connectivity index (χ1v) is 10.8. The van der Waals surface area contributed by atoms with Crippen LogP contribution < -0.4 is 4.74 Å². The van der Waals surface area contributed by atoms with Crippen molar-refractivity contribution in [2.75, 3.05) is 7.11 Å². The van der Waals surface area contributed by atoms with E-state index in [4.69, 9.17) is 44.3 Å². The van der Waals surface area contributed by atoms with E-state index in [0.29, 0.717) is 11.3 Å². The van der Waals surface area contributed by atoms with Crippen LogP contribution in [0.15, 0.2) is 73.4 Å². The minimum Gasteiger partial charge on any atom is -0.453 e. The lowest BCUT2D eigenvalue weighted by Gasteiger charge is -2.23. The van der Waals surface area contributed by atoms with Crippen molar-refractivity contribution in [1.82, 2.24) is 19.9 Å². The molecule has 4 heterocycles. The summed E-state index contributed by atoms with van der Waals surface area (Å²) in [5, 5.41) is 12.1. The number of aromatic nitrogens is 4. The number of methoxy groups -OCH3 is 1. The van der Waals surface area contributed by atoms with Crippen LogP contribution in [0.4, 0.5) is 0 Å². The minimum absolute atomic E-state index is 0.123. The van der Waals surface area contributed by atoms with E-state index in [1.807, 2.05) is 0 Å². The van der Waals surface area contributed by atoms with Crippen LogP contribution in [0.25, 0.3) is 0 Å². The number of hydrogen-bond donors (Lipinski definition) is 0. The first kappa shape index (κ1) is 23.2. The molecule has 0 N–H and O–H groups in total. The predicted molar refractivity (Wildman–Crippen MR) is 124 cm³/mol. The lowest BCUT2D eigenvalue weighted by molar-refractivity contribution is 0.130. The summed E-state index contributed by atoms with van der Waals surface area (Å²) >= 11 is 19.4. The van der Waals surface area contributed by atoms with E-state index in [-0.39, 0.29) is 22.3 Å². The van der Waals surface area contributed by atoms with Crippen molar-refractivity contribution in [3.63, 3.8) is 0 Å². The van der Waals surface area contributed by atoms with Gasteiger partial charge in [0, 0.05) is 49.7 Å². The van der Waals surface area contributed by atoms with Crippen molar-refractivity contribution < 1.29 is 14.6 Å². The van der Waals surface area contributed by atoms with E-state index in [2.05, 4.69) is 19.9 Å². The van der Waals surface area contributed by atoms with Gasteiger partial charge < -0.3 is 9.47 Å². The van der Waals surface area contributed by atoms with Crippen LogP contribution in [-0.4, -0.2) is 27.0 Å². The summed E-state index contributed by atoms with van der Waals surface area (Å²) < 4.78 is 10.2. The Morgan fingerprint density at radius 2 is 1.73 bits per heavy atom. The third-order valence-electron chi connectivity index (χ3n) is 4.74. The molecule has 4 aromatic rings. The second-order valence-electron chi connectivity index (χ2n) is 6.83. The highest BCUT2D eigenvalue weighted by Crippen LogP contribution is 2.46. The maximum atomic E-state index is 12.3. The molecule has 0 amide bonds. The molecular weight excluding hydrogens is 487 g/mol. The fraction of sp³-hybridized carbons (Fsp3) is 0.130. The normalized spacial score (nSPS) is 12.4. The molecule has 33 heavy (non-hydrogen) atoms. The molecule has 1 unspecified atom stereocenters. The molecule has 4 rings (SSSR count). The third-order valence-corrected chi connectivity index (χ3v) is 5.81. The Morgan fingerprint density at radius 1 is 0.970 bits per heavy atom. The van der Waals surface area contributed by atoms with Gasteiger partial charge in [-0.2, -0.15) is 0 Å². The lowest BCUT2D eigenvalue weighted by atomic mass is 10.1. The first-order valence-electron chi connectivity index (χ1n) is 9.63. The number of pyridine rings is 4. The van der Waals surface area contributed by atoms with Gasteiger partial charge in [0.1, 0.15) is 17.5 Å². The average Bonchev–Trinajstić information content (AvgIpc) is 2.84. The zero-order chi connectivity index (χ0) is 23.4. The molecule has 7 nitrogen and oxygen atoms in total. The molecule has 1 radical (unpaired) electrons. The summed E-state index contributed by atoms with van der Waals surface area (Å²) in [6.45, 7) is 0. The fourth-order valence-electron chi connectivity index (χ4n) is 3.19. The van der Waals surface area contributed by atoms with Crippen molar-refractivity contribution in [1.29, 1.82) is 0 Å². The Balaban J connectivity index is 1.81. The summed E-state index contributed by atoms with van der Waals surface area (Å²) in [6, 6.07) is 11.5. The van der Waals surface area contributed by atoms with Gasteiger partial charge in [-0.3, -0.25) is 20.1 Å². The highest BCUT2D eigenvalue weighted by molar-refractivity contribution is 6.50. The van der Waals surface area contributed by atoms with Crippen molar-refractivity contribution >= 4 is 34.8 Å². The van der Waals surface area contributed by atoms with Gasteiger partial charge in [-0.1, -0.05) is 40.9 Å². The largest absolute Gasteiger partial charge is 0.453 e. The molecule has 0 aliphatic rings. The maximum absolute atomic E-state index is 12.3. The molecular formula is C23H16Cl3N4O3. The molecule has 10 heteroatoms. The summed E-state index contributed by atoms with van der Waals surface area (Å²) in [4.78, 5) is 16.7. The summed E-state index contributed by atoms with van der Waals surface area (Å²) in [7, 11) is 1.51. The molecule has 167 valence electrons. The minimum atomic E-state index is -1.57. The Labute approximate surface area is 205 Å². The number of nitrogens with zero attached hydrogens (tertiary/aromatic N) is 4. The zero-order valence-electron chi connectivity index (χ0n) is 17.2. The van der Waals surface area contributed by atoms with E-state index in [1.54, 1.807) is 55.0 Å². The van der Waals surface area contributed by atoms with Crippen LogP contribution in [0.5, 0.6) is 17.2 Å². The molecule has 0 saturated heterocycles. The molecule has 0 bridgehead atoms. The first-order chi connectivity index (χ1) is 15.9. The van der Waals surface area contributed by atoms with Crippen molar-refractivity contribution in [3.05, 3.63) is 101 Å². The number of rotatable bonds is 7. The number of halogens is 3. The molecule has 0 saturated carbocycles. The average molecular weight is 503 g/mol. The van der Waals surface area contributed by atoms with E-state index >= 15 is 0 Å². The van der Waals surface area contributed by atoms with E-state index in [9.17, 15) is 5.11 Å². The van der Waals surface area contributed by atoms with Gasteiger partial charge in [0.05, 0.1) is 0 Å². The van der Waals surface area contributed by atoms with Gasteiger partial charge in [0.25, 0.3) is 0 Å². The van der Waals surface area contributed by atoms with E-state index in [1.165, 1.54) is 25.6 Å². The van der Waals surface area contributed by atoms with Crippen LogP contribution >= 0.6 is 34.8 Å². The van der Waals surface area contributed by atoms with Gasteiger partial charge in [0.15, 0.2) is 21.0 Å².